The van der Waals surface area contributed by atoms with Gasteiger partial charge in [0.15, 0.2) is 5.82 Å². The molecule has 2 N–H and O–H groups in total. The standard InChI is InChI=1S/C17H21N3O.ClH/c1-11-6-2-3-7-12(11)13-10-14(13)15-19-16(20-21-15)17(18)8-4-5-9-17;/h2-3,6-7,13-14H,4-5,8-10,18H2,1H3;1H. The SMILES string of the molecule is Cc1ccccc1C1CC1c1nc(C2(N)CCCC2)no1.Cl. The summed E-state index contributed by atoms with van der Waals surface area (Å²) in [7, 11) is 0. The average molecular weight is 320 g/mol. The summed E-state index contributed by atoms with van der Waals surface area (Å²) in [6.45, 7) is 2.16. The van der Waals surface area contributed by atoms with Crippen molar-refractivity contribution in [1.82, 2.24) is 10.1 Å². The number of hydrogen-bond acceptors (Lipinski definition) is 4. The molecule has 2 unspecified atom stereocenters. The molecule has 4 nitrogen and oxygen atoms in total. The fourth-order valence-electron chi connectivity index (χ4n) is 3.63. The highest BCUT2D eigenvalue weighted by Crippen LogP contribution is 2.55. The minimum atomic E-state index is -0.352. The Balaban J connectivity index is 0.00000144. The van der Waals surface area contributed by atoms with Gasteiger partial charge in [0.2, 0.25) is 5.89 Å². The maximum absolute atomic E-state index is 6.40. The molecular formula is C17H22ClN3O. The molecule has 1 aromatic heterocycles. The van der Waals surface area contributed by atoms with Crippen molar-refractivity contribution in [3.8, 4) is 0 Å². The minimum absolute atomic E-state index is 0. The second-order valence-electron chi connectivity index (χ2n) is 6.62. The van der Waals surface area contributed by atoms with Gasteiger partial charge in [-0.05, 0) is 43.2 Å². The zero-order chi connectivity index (χ0) is 14.4. The van der Waals surface area contributed by atoms with Crippen LogP contribution in [-0.4, -0.2) is 10.1 Å². The molecule has 2 aliphatic carbocycles. The normalized spacial score (nSPS) is 25.7. The molecule has 1 aromatic carbocycles. The molecule has 2 saturated carbocycles. The van der Waals surface area contributed by atoms with Gasteiger partial charge >= 0.3 is 0 Å². The average Bonchev–Trinajstić information content (AvgIpc) is 2.90. The van der Waals surface area contributed by atoms with Gasteiger partial charge in [0, 0.05) is 5.92 Å². The van der Waals surface area contributed by atoms with Crippen LogP contribution in [0, 0.1) is 6.92 Å². The summed E-state index contributed by atoms with van der Waals surface area (Å²) in [4.78, 5) is 4.63. The maximum atomic E-state index is 6.40. The molecule has 2 aliphatic rings. The number of halogens is 1. The van der Waals surface area contributed by atoms with E-state index in [1.54, 1.807) is 0 Å². The van der Waals surface area contributed by atoms with Crippen LogP contribution in [0.3, 0.4) is 0 Å². The van der Waals surface area contributed by atoms with Gasteiger partial charge in [-0.15, -0.1) is 12.4 Å². The molecule has 0 amide bonds. The molecule has 5 heteroatoms. The van der Waals surface area contributed by atoms with Gasteiger partial charge in [-0.1, -0.05) is 42.3 Å². The van der Waals surface area contributed by atoms with E-state index in [9.17, 15) is 0 Å². The van der Waals surface area contributed by atoms with E-state index in [-0.39, 0.29) is 17.9 Å². The molecule has 0 aliphatic heterocycles. The fraction of sp³-hybridized carbons (Fsp3) is 0.529. The number of nitrogens with zero attached hydrogens (tertiary/aromatic N) is 2. The Morgan fingerprint density at radius 1 is 1.18 bits per heavy atom. The third-order valence-corrected chi connectivity index (χ3v) is 5.08. The van der Waals surface area contributed by atoms with E-state index in [0.29, 0.717) is 17.7 Å². The summed E-state index contributed by atoms with van der Waals surface area (Å²) >= 11 is 0. The first-order valence-corrected chi connectivity index (χ1v) is 7.86. The van der Waals surface area contributed by atoms with Gasteiger partial charge in [-0.25, -0.2) is 0 Å². The van der Waals surface area contributed by atoms with Crippen LogP contribution < -0.4 is 5.73 Å². The zero-order valence-corrected chi connectivity index (χ0v) is 13.6. The Morgan fingerprint density at radius 2 is 1.91 bits per heavy atom. The van der Waals surface area contributed by atoms with Gasteiger partial charge in [0.05, 0.1) is 5.54 Å². The highest BCUT2D eigenvalue weighted by molar-refractivity contribution is 5.85. The summed E-state index contributed by atoms with van der Waals surface area (Å²) in [6.07, 6.45) is 5.37. The van der Waals surface area contributed by atoms with Crippen molar-refractivity contribution in [1.29, 1.82) is 0 Å². The Hall–Kier alpha value is -1.39. The number of nitrogens with two attached hydrogens (primary N) is 1. The van der Waals surface area contributed by atoms with E-state index in [4.69, 9.17) is 10.3 Å². The highest BCUT2D eigenvalue weighted by atomic mass is 35.5. The molecule has 2 aromatic rings. The minimum Gasteiger partial charge on any atom is -0.339 e. The van der Waals surface area contributed by atoms with Gasteiger partial charge < -0.3 is 10.3 Å². The van der Waals surface area contributed by atoms with Crippen LogP contribution in [0.4, 0.5) is 0 Å². The number of aromatic nitrogens is 2. The van der Waals surface area contributed by atoms with Crippen molar-refractivity contribution in [2.45, 2.75) is 56.4 Å². The fourth-order valence-corrected chi connectivity index (χ4v) is 3.63. The lowest BCUT2D eigenvalue weighted by molar-refractivity contribution is 0.348. The Bertz CT molecular complexity index is 663. The second-order valence-corrected chi connectivity index (χ2v) is 6.62. The number of benzene rings is 1. The van der Waals surface area contributed by atoms with Gasteiger partial charge in [0.1, 0.15) is 0 Å². The summed E-state index contributed by atoms with van der Waals surface area (Å²) in [6, 6.07) is 8.56. The van der Waals surface area contributed by atoms with Crippen LogP contribution >= 0.6 is 12.4 Å². The van der Waals surface area contributed by atoms with E-state index in [1.165, 1.54) is 11.1 Å². The summed E-state index contributed by atoms with van der Waals surface area (Å²) < 4.78 is 5.52. The van der Waals surface area contributed by atoms with Crippen molar-refractivity contribution in [3.63, 3.8) is 0 Å². The number of aryl methyl sites for hydroxylation is 1. The predicted octanol–water partition coefficient (Wildman–Crippen LogP) is 3.80. The number of rotatable bonds is 3. The first-order chi connectivity index (χ1) is 10.2. The molecule has 0 spiro atoms. The van der Waals surface area contributed by atoms with Gasteiger partial charge in [-0.3, -0.25) is 0 Å². The van der Waals surface area contributed by atoms with Crippen molar-refractivity contribution in [3.05, 3.63) is 47.1 Å². The topological polar surface area (TPSA) is 64.9 Å². The maximum Gasteiger partial charge on any atom is 0.230 e. The first kappa shape index (κ1) is 15.5. The van der Waals surface area contributed by atoms with E-state index in [1.807, 2.05) is 0 Å². The highest BCUT2D eigenvalue weighted by Gasteiger charge is 2.45. The summed E-state index contributed by atoms with van der Waals surface area (Å²) in [5.41, 5.74) is 8.80. The predicted molar refractivity (Wildman–Crippen MR) is 87.2 cm³/mol. The van der Waals surface area contributed by atoms with Crippen LogP contribution in [0.15, 0.2) is 28.8 Å². The van der Waals surface area contributed by atoms with Crippen molar-refractivity contribution >= 4 is 12.4 Å². The van der Waals surface area contributed by atoms with E-state index < -0.39 is 0 Å². The van der Waals surface area contributed by atoms with E-state index in [2.05, 4.69) is 41.3 Å². The van der Waals surface area contributed by atoms with Crippen LogP contribution in [-0.2, 0) is 5.54 Å². The molecule has 118 valence electrons. The Labute approximate surface area is 136 Å². The van der Waals surface area contributed by atoms with Gasteiger partial charge in [0.25, 0.3) is 0 Å². The van der Waals surface area contributed by atoms with Crippen molar-refractivity contribution < 1.29 is 4.52 Å². The quantitative estimate of drug-likeness (QED) is 0.934. The number of hydrogen-bond donors (Lipinski definition) is 1. The van der Waals surface area contributed by atoms with E-state index in [0.717, 1.165) is 38.0 Å². The molecular weight excluding hydrogens is 298 g/mol. The molecule has 2 atom stereocenters. The first-order valence-electron chi connectivity index (χ1n) is 7.86. The zero-order valence-electron chi connectivity index (χ0n) is 12.8. The molecule has 22 heavy (non-hydrogen) atoms. The van der Waals surface area contributed by atoms with Crippen molar-refractivity contribution in [2.24, 2.45) is 5.73 Å². The van der Waals surface area contributed by atoms with Crippen LogP contribution in [0.1, 0.15) is 66.8 Å². The van der Waals surface area contributed by atoms with Crippen LogP contribution in [0.2, 0.25) is 0 Å². The monoisotopic (exact) mass is 319 g/mol. The van der Waals surface area contributed by atoms with Crippen LogP contribution in [0.5, 0.6) is 0 Å². The second kappa shape index (κ2) is 5.67. The third kappa shape index (κ3) is 2.55. The lowest BCUT2D eigenvalue weighted by atomic mass is 9.98. The molecule has 2 fully saturated rings. The lowest BCUT2D eigenvalue weighted by Crippen LogP contribution is -2.34. The van der Waals surface area contributed by atoms with E-state index >= 15 is 0 Å². The Kier molecular flexibility index (Phi) is 4.00. The Morgan fingerprint density at radius 3 is 2.64 bits per heavy atom. The van der Waals surface area contributed by atoms with Crippen molar-refractivity contribution in [2.75, 3.05) is 0 Å². The molecule has 0 radical (unpaired) electrons. The smallest absolute Gasteiger partial charge is 0.230 e. The summed E-state index contributed by atoms with van der Waals surface area (Å²) in [5, 5.41) is 4.17. The third-order valence-electron chi connectivity index (χ3n) is 5.08. The largest absolute Gasteiger partial charge is 0.339 e. The lowest BCUT2D eigenvalue weighted by Gasteiger charge is -2.17. The molecule has 4 rings (SSSR count). The van der Waals surface area contributed by atoms with Crippen LogP contribution in [0.25, 0.3) is 0 Å². The molecule has 0 bridgehead atoms. The summed E-state index contributed by atoms with van der Waals surface area (Å²) in [5.74, 6) is 2.38. The van der Waals surface area contributed by atoms with Gasteiger partial charge in [-0.2, -0.15) is 4.98 Å². The molecule has 1 heterocycles. The molecule has 0 saturated heterocycles.